The second kappa shape index (κ2) is 4.17. The number of rotatable bonds is 4. The number of allylic oxidation sites excluding steroid dienone is 4. The van der Waals surface area contributed by atoms with Crippen LogP contribution in [0.4, 0.5) is 0 Å². The van der Waals surface area contributed by atoms with Gasteiger partial charge in [0.05, 0.1) is 0 Å². The third-order valence-electron chi connectivity index (χ3n) is 2.06. The fourth-order valence-corrected chi connectivity index (χ4v) is 10.2. The van der Waals surface area contributed by atoms with Crippen molar-refractivity contribution in [2.24, 2.45) is 0 Å². The Labute approximate surface area is 90.1 Å². The summed E-state index contributed by atoms with van der Waals surface area (Å²) in [6.07, 6.45) is 7.92. The van der Waals surface area contributed by atoms with Crippen LogP contribution < -0.4 is 0 Å². The van der Waals surface area contributed by atoms with E-state index in [0.717, 1.165) is 6.42 Å². The molecule has 0 aromatic heterocycles. The zero-order valence-corrected chi connectivity index (χ0v) is 12.1. The molecular weight excluding hydrogens is 204 g/mol. The Balaban J connectivity index is 2.53. The van der Waals surface area contributed by atoms with Crippen LogP contribution in [-0.4, -0.2) is 16.6 Å². The zero-order chi connectivity index (χ0) is 10.8. The lowest BCUT2D eigenvalue weighted by molar-refractivity contribution is 0.552. The van der Waals surface area contributed by atoms with Crippen LogP contribution in [0.1, 0.15) is 6.42 Å². The van der Waals surface area contributed by atoms with Gasteiger partial charge in [0.1, 0.15) is 0 Å². The monoisotopic (exact) mass is 226 g/mol. The Hall–Kier alpha value is -0.126. The maximum Gasteiger partial charge on any atom is 0.177 e. The van der Waals surface area contributed by atoms with Gasteiger partial charge >= 0.3 is 0 Å². The van der Waals surface area contributed by atoms with E-state index in [-0.39, 0.29) is 0 Å². The first kappa shape index (κ1) is 11.9. The first-order valence-corrected chi connectivity index (χ1v) is 11.9. The molecule has 0 unspecified atom stereocenters. The molecule has 3 heteroatoms. The van der Waals surface area contributed by atoms with Gasteiger partial charge < -0.3 is 4.12 Å². The molecule has 0 aromatic carbocycles. The van der Waals surface area contributed by atoms with Crippen LogP contribution in [0.3, 0.4) is 0 Å². The normalized spacial score (nSPS) is 17.4. The van der Waals surface area contributed by atoms with E-state index in [2.05, 4.69) is 51.0 Å². The molecule has 0 N–H and O–H groups in total. The zero-order valence-electron chi connectivity index (χ0n) is 10.1. The van der Waals surface area contributed by atoms with Gasteiger partial charge in [-0.3, -0.25) is 0 Å². The first-order chi connectivity index (χ1) is 6.29. The van der Waals surface area contributed by atoms with Crippen LogP contribution in [0.25, 0.3) is 0 Å². The van der Waals surface area contributed by atoms with Gasteiger partial charge in [0.2, 0.25) is 0 Å². The lowest BCUT2D eigenvalue weighted by Crippen LogP contribution is -2.42. The van der Waals surface area contributed by atoms with Crippen molar-refractivity contribution in [3.8, 4) is 0 Å². The largest absolute Gasteiger partial charge is 0.455 e. The molecule has 0 aromatic rings. The predicted molar refractivity (Wildman–Crippen MR) is 68.6 cm³/mol. The maximum atomic E-state index is 6.29. The molecule has 0 fully saturated rings. The van der Waals surface area contributed by atoms with Crippen molar-refractivity contribution in [2.75, 3.05) is 0 Å². The van der Waals surface area contributed by atoms with E-state index >= 15 is 0 Å². The molecule has 0 saturated carbocycles. The number of hydrogen-bond acceptors (Lipinski definition) is 1. The minimum Gasteiger partial charge on any atom is -0.455 e. The summed E-state index contributed by atoms with van der Waals surface area (Å²) in [7, 11) is -2.82. The van der Waals surface area contributed by atoms with Crippen molar-refractivity contribution in [1.29, 1.82) is 0 Å². The summed E-state index contributed by atoms with van der Waals surface area (Å²) in [5, 5.41) is 0. The van der Waals surface area contributed by atoms with E-state index < -0.39 is 16.6 Å². The van der Waals surface area contributed by atoms with Gasteiger partial charge in [0.15, 0.2) is 16.6 Å². The minimum absolute atomic E-state index is 1.12. The highest BCUT2D eigenvalue weighted by Crippen LogP contribution is 2.25. The Morgan fingerprint density at radius 1 is 1.21 bits per heavy atom. The highest BCUT2D eigenvalue weighted by atomic mass is 28.4. The second-order valence-corrected chi connectivity index (χ2v) is 14.5. The summed E-state index contributed by atoms with van der Waals surface area (Å²) in [4.78, 5) is 0. The van der Waals surface area contributed by atoms with E-state index in [4.69, 9.17) is 4.12 Å². The van der Waals surface area contributed by atoms with E-state index in [1.807, 2.05) is 0 Å². The molecule has 0 saturated heterocycles. The molecule has 0 atom stereocenters. The standard InChI is InChI=1S/C11H22OSi2/c1-13(2,3)12-14(4,5)10-11-8-6-7-9-11/h6,8-9H,7,10H2,1-5H3. The summed E-state index contributed by atoms with van der Waals surface area (Å²) in [5.41, 5.74) is 1.49. The summed E-state index contributed by atoms with van der Waals surface area (Å²) in [6.45, 7) is 11.5. The maximum absolute atomic E-state index is 6.29. The Morgan fingerprint density at radius 2 is 1.86 bits per heavy atom. The van der Waals surface area contributed by atoms with E-state index in [1.54, 1.807) is 0 Å². The molecule has 1 aliphatic rings. The van der Waals surface area contributed by atoms with Crippen molar-refractivity contribution in [2.45, 2.75) is 45.2 Å². The molecule has 0 radical (unpaired) electrons. The molecule has 1 nitrogen and oxygen atoms in total. The quantitative estimate of drug-likeness (QED) is 0.660. The summed E-state index contributed by atoms with van der Waals surface area (Å²) < 4.78 is 6.29. The van der Waals surface area contributed by atoms with Crippen LogP contribution in [0.2, 0.25) is 38.8 Å². The lowest BCUT2D eigenvalue weighted by Gasteiger charge is -2.31. The van der Waals surface area contributed by atoms with Gasteiger partial charge in [-0.15, -0.1) is 0 Å². The van der Waals surface area contributed by atoms with Crippen LogP contribution in [0.5, 0.6) is 0 Å². The SMILES string of the molecule is C[Si](C)(C)O[Si](C)(C)CC1=CCC=C1. The van der Waals surface area contributed by atoms with Crippen LogP contribution in [0, 0.1) is 0 Å². The van der Waals surface area contributed by atoms with E-state index in [0.29, 0.717) is 0 Å². The summed E-state index contributed by atoms with van der Waals surface area (Å²) >= 11 is 0. The topological polar surface area (TPSA) is 9.23 Å². The van der Waals surface area contributed by atoms with Crippen molar-refractivity contribution in [1.82, 2.24) is 0 Å². The van der Waals surface area contributed by atoms with Gasteiger partial charge in [-0.2, -0.15) is 0 Å². The minimum atomic E-state index is -1.46. The van der Waals surface area contributed by atoms with Crippen LogP contribution in [-0.2, 0) is 4.12 Å². The van der Waals surface area contributed by atoms with Crippen LogP contribution in [0.15, 0.2) is 23.8 Å². The molecule has 1 rings (SSSR count). The Bertz CT molecular complexity index is 259. The molecule has 1 aliphatic carbocycles. The first-order valence-electron chi connectivity index (χ1n) is 5.34. The average molecular weight is 226 g/mol. The number of hydrogen-bond donors (Lipinski definition) is 0. The molecule has 0 aliphatic heterocycles. The molecular formula is C11H22OSi2. The van der Waals surface area contributed by atoms with Crippen molar-refractivity contribution < 1.29 is 4.12 Å². The van der Waals surface area contributed by atoms with Crippen molar-refractivity contribution in [3.05, 3.63) is 23.8 Å². The summed E-state index contributed by atoms with van der Waals surface area (Å²) in [6, 6.07) is 1.17. The molecule has 0 spiro atoms. The fourth-order valence-electron chi connectivity index (χ4n) is 1.99. The second-order valence-electron chi connectivity index (χ2n) is 5.57. The molecule has 0 heterocycles. The summed E-state index contributed by atoms with van der Waals surface area (Å²) in [5.74, 6) is 0. The van der Waals surface area contributed by atoms with Gasteiger partial charge in [0, 0.05) is 0 Å². The highest BCUT2D eigenvalue weighted by Gasteiger charge is 2.30. The van der Waals surface area contributed by atoms with Gasteiger partial charge in [-0.1, -0.05) is 23.8 Å². The lowest BCUT2D eigenvalue weighted by atomic mass is 10.3. The molecule has 14 heavy (non-hydrogen) atoms. The Morgan fingerprint density at radius 3 is 2.29 bits per heavy atom. The van der Waals surface area contributed by atoms with Crippen molar-refractivity contribution in [3.63, 3.8) is 0 Å². The van der Waals surface area contributed by atoms with Gasteiger partial charge in [0.25, 0.3) is 0 Å². The smallest absolute Gasteiger partial charge is 0.177 e. The van der Waals surface area contributed by atoms with Gasteiger partial charge in [-0.25, -0.2) is 0 Å². The van der Waals surface area contributed by atoms with Crippen molar-refractivity contribution >= 4 is 16.6 Å². The van der Waals surface area contributed by atoms with Crippen LogP contribution >= 0.6 is 0 Å². The highest BCUT2D eigenvalue weighted by molar-refractivity contribution is 6.84. The fraction of sp³-hybridized carbons (Fsp3) is 0.636. The average Bonchev–Trinajstić information content (AvgIpc) is 2.31. The third kappa shape index (κ3) is 4.39. The predicted octanol–water partition coefficient (Wildman–Crippen LogP) is 3.93. The molecule has 0 bridgehead atoms. The molecule has 80 valence electrons. The third-order valence-corrected chi connectivity index (χ3v) is 7.98. The van der Waals surface area contributed by atoms with E-state index in [9.17, 15) is 0 Å². The molecule has 0 amide bonds. The van der Waals surface area contributed by atoms with E-state index in [1.165, 1.54) is 11.6 Å². The van der Waals surface area contributed by atoms with Gasteiger partial charge in [-0.05, 0) is 45.2 Å². The Kier molecular flexibility index (Phi) is 3.55.